The number of carbonyl (C=O) groups excluding carboxylic acids is 1. The minimum Gasteiger partial charge on any atom is -0.466 e. The maximum atomic E-state index is 14.4. The van der Waals surface area contributed by atoms with Crippen molar-refractivity contribution in [2.75, 3.05) is 12.4 Å². The number of methoxy groups -OCH3 is 1. The van der Waals surface area contributed by atoms with Gasteiger partial charge in [0.1, 0.15) is 0 Å². The van der Waals surface area contributed by atoms with Crippen molar-refractivity contribution in [3.8, 4) is 11.6 Å². The number of hydrogen-bond acceptors (Lipinski definition) is 7. The Morgan fingerprint density at radius 2 is 1.85 bits per heavy atom. The fourth-order valence-electron chi connectivity index (χ4n) is 2.60. The molecule has 9 nitrogen and oxygen atoms in total. The van der Waals surface area contributed by atoms with Crippen molar-refractivity contribution in [2.45, 2.75) is 0 Å². The quantitative estimate of drug-likeness (QED) is 0.165. The van der Waals surface area contributed by atoms with E-state index in [0.717, 1.165) is 43.5 Å². The average molecular weight is 452 g/mol. The van der Waals surface area contributed by atoms with Gasteiger partial charge in [-0.2, -0.15) is 4.98 Å². The van der Waals surface area contributed by atoms with Crippen LogP contribution >= 0.6 is 0 Å². The zero-order valence-corrected chi connectivity index (χ0v) is 16.9. The lowest BCUT2D eigenvalue weighted by Gasteiger charge is -2.11. The van der Waals surface area contributed by atoms with E-state index in [4.69, 9.17) is 11.3 Å². The van der Waals surface area contributed by atoms with Crippen molar-refractivity contribution in [1.29, 1.82) is 0 Å². The second-order valence-corrected chi connectivity index (χ2v) is 6.33. The van der Waals surface area contributed by atoms with Gasteiger partial charge in [0.25, 0.3) is 0 Å². The third kappa shape index (κ3) is 5.65. The first-order valence-corrected chi connectivity index (χ1v) is 9.13. The Hall–Kier alpha value is -4.85. The molecule has 3 rings (SSSR count). The number of carbonyl (C=O) groups is 1. The number of pyridine rings is 1. The van der Waals surface area contributed by atoms with Crippen molar-refractivity contribution in [3.63, 3.8) is 0 Å². The topological polar surface area (TPSA) is 108 Å². The molecule has 0 spiro atoms. The van der Waals surface area contributed by atoms with Gasteiger partial charge >= 0.3 is 11.7 Å². The van der Waals surface area contributed by atoms with E-state index < -0.39 is 34.0 Å². The standard InChI is InChI=1S/C22H14F2N4O5/c1-25-14-4-6-15(7-5-14)26-22-18(28(30)31)8-9-19(27-22)33-21-16(23)11-13(12-17(21)24)3-10-20(29)32-2/h3-12H,2H3,(H,26,27)/b10-3+. The number of anilines is 2. The summed E-state index contributed by atoms with van der Waals surface area (Å²) in [6.45, 7) is 6.96. The Labute approximate surface area is 185 Å². The lowest BCUT2D eigenvalue weighted by atomic mass is 10.2. The molecule has 0 aliphatic heterocycles. The van der Waals surface area contributed by atoms with Crippen LogP contribution in [0.5, 0.6) is 11.6 Å². The monoisotopic (exact) mass is 452 g/mol. The molecule has 0 saturated heterocycles. The minimum absolute atomic E-state index is 0.0459. The van der Waals surface area contributed by atoms with Crippen molar-refractivity contribution < 1.29 is 28.0 Å². The number of halogens is 2. The number of nitrogens with one attached hydrogen (secondary N) is 1. The lowest BCUT2D eigenvalue weighted by Crippen LogP contribution is -2.02. The molecule has 1 heterocycles. The maximum absolute atomic E-state index is 14.4. The van der Waals surface area contributed by atoms with Gasteiger partial charge in [-0.1, -0.05) is 12.1 Å². The Kier molecular flexibility index (Phi) is 6.90. The number of nitro groups is 1. The van der Waals surface area contributed by atoms with E-state index in [1.54, 1.807) is 0 Å². The molecule has 1 aromatic heterocycles. The molecule has 11 heteroatoms. The van der Waals surface area contributed by atoms with Crippen molar-refractivity contribution in [1.82, 2.24) is 4.98 Å². The summed E-state index contributed by atoms with van der Waals surface area (Å²) >= 11 is 0. The molecule has 3 aromatic rings. The molecular weight excluding hydrogens is 438 g/mol. The van der Waals surface area contributed by atoms with Crippen LogP contribution in [0.3, 0.4) is 0 Å². The number of aromatic nitrogens is 1. The van der Waals surface area contributed by atoms with Gasteiger partial charge in [0, 0.05) is 23.9 Å². The smallest absolute Gasteiger partial charge is 0.330 e. The van der Waals surface area contributed by atoms with Gasteiger partial charge in [0.15, 0.2) is 17.3 Å². The molecule has 33 heavy (non-hydrogen) atoms. The van der Waals surface area contributed by atoms with Crippen LogP contribution < -0.4 is 10.1 Å². The summed E-state index contributed by atoms with van der Waals surface area (Å²) in [5.74, 6) is -4.18. The van der Waals surface area contributed by atoms with E-state index in [9.17, 15) is 23.7 Å². The molecule has 0 saturated carbocycles. The predicted octanol–water partition coefficient (Wildman–Crippen LogP) is 5.54. The predicted molar refractivity (Wildman–Crippen MR) is 114 cm³/mol. The largest absolute Gasteiger partial charge is 0.466 e. The SMILES string of the molecule is [C-]#[N+]c1ccc(Nc2nc(Oc3c(F)cc(/C=C/C(=O)OC)cc3F)ccc2[N+](=O)[O-])cc1. The first kappa shape index (κ1) is 22.8. The van der Waals surface area contributed by atoms with E-state index in [1.807, 2.05) is 0 Å². The van der Waals surface area contributed by atoms with Gasteiger partial charge in [0.2, 0.25) is 17.4 Å². The van der Waals surface area contributed by atoms with Gasteiger partial charge in [-0.25, -0.2) is 18.4 Å². The van der Waals surface area contributed by atoms with Crippen molar-refractivity contribution in [3.05, 3.63) is 93.3 Å². The molecule has 0 unspecified atom stereocenters. The molecule has 166 valence electrons. The highest BCUT2D eigenvalue weighted by Crippen LogP contribution is 2.33. The Bertz CT molecular complexity index is 1260. The molecule has 2 aromatic carbocycles. The molecular formula is C22H14F2N4O5. The summed E-state index contributed by atoms with van der Waals surface area (Å²) in [5, 5.41) is 14.1. The van der Waals surface area contributed by atoms with Gasteiger partial charge in [-0.15, -0.1) is 0 Å². The maximum Gasteiger partial charge on any atom is 0.330 e. The summed E-state index contributed by atoms with van der Waals surface area (Å²) < 4.78 is 38.5. The molecule has 0 bridgehead atoms. The number of nitrogens with zero attached hydrogens (tertiary/aromatic N) is 3. The third-order valence-corrected chi connectivity index (χ3v) is 4.14. The van der Waals surface area contributed by atoms with Crippen molar-refractivity contribution >= 4 is 34.9 Å². The number of benzene rings is 2. The first-order chi connectivity index (χ1) is 15.8. The number of esters is 1. The fraction of sp³-hybridized carbons (Fsp3) is 0.0455. The van der Waals surface area contributed by atoms with Gasteiger partial charge in [-0.05, 0) is 35.9 Å². The molecule has 0 aliphatic rings. The number of hydrogen-bond donors (Lipinski definition) is 1. The highest BCUT2D eigenvalue weighted by atomic mass is 19.1. The van der Waals surface area contributed by atoms with E-state index in [0.29, 0.717) is 11.4 Å². The van der Waals surface area contributed by atoms with E-state index >= 15 is 0 Å². The zero-order chi connectivity index (χ0) is 24.0. The summed E-state index contributed by atoms with van der Waals surface area (Å²) in [6.07, 6.45) is 2.16. The van der Waals surface area contributed by atoms with Gasteiger partial charge < -0.3 is 14.8 Å². The fourth-order valence-corrected chi connectivity index (χ4v) is 2.60. The normalized spacial score (nSPS) is 10.5. The molecule has 0 fully saturated rings. The minimum atomic E-state index is -1.08. The molecule has 0 aliphatic carbocycles. The van der Waals surface area contributed by atoms with E-state index in [2.05, 4.69) is 19.9 Å². The molecule has 0 amide bonds. The van der Waals surface area contributed by atoms with Crippen LogP contribution in [0.15, 0.2) is 54.6 Å². The molecule has 0 radical (unpaired) electrons. The van der Waals surface area contributed by atoms with Crippen LogP contribution in [0.1, 0.15) is 5.56 Å². The Morgan fingerprint density at radius 3 is 2.42 bits per heavy atom. The van der Waals surface area contributed by atoms with Gasteiger partial charge in [-0.3, -0.25) is 10.1 Å². The first-order valence-electron chi connectivity index (χ1n) is 9.13. The van der Waals surface area contributed by atoms with Crippen LogP contribution in [0.25, 0.3) is 10.9 Å². The highest BCUT2D eigenvalue weighted by molar-refractivity contribution is 5.86. The van der Waals surface area contributed by atoms with Crippen LogP contribution in [0.2, 0.25) is 0 Å². The van der Waals surface area contributed by atoms with Crippen LogP contribution in [-0.2, 0) is 9.53 Å². The summed E-state index contributed by atoms with van der Waals surface area (Å²) in [6, 6.07) is 10.1. The average Bonchev–Trinajstić information content (AvgIpc) is 2.80. The van der Waals surface area contributed by atoms with Crippen molar-refractivity contribution in [2.24, 2.45) is 0 Å². The zero-order valence-electron chi connectivity index (χ0n) is 16.9. The van der Waals surface area contributed by atoms with Crippen LogP contribution in [0, 0.1) is 28.3 Å². The Balaban J connectivity index is 1.90. The highest BCUT2D eigenvalue weighted by Gasteiger charge is 2.19. The molecule has 1 N–H and O–H groups in total. The van der Waals surface area contributed by atoms with Gasteiger partial charge in [0.05, 0.1) is 18.6 Å². The number of ether oxygens (including phenoxy) is 2. The lowest BCUT2D eigenvalue weighted by molar-refractivity contribution is -0.384. The summed E-state index contributed by atoms with van der Waals surface area (Å²) in [7, 11) is 1.16. The number of rotatable bonds is 7. The third-order valence-electron chi connectivity index (χ3n) is 4.14. The summed E-state index contributed by atoms with van der Waals surface area (Å²) in [4.78, 5) is 29.0. The molecule has 0 atom stereocenters. The summed E-state index contributed by atoms with van der Waals surface area (Å²) in [5.41, 5.74) is 0.413. The second kappa shape index (κ2) is 9.97. The Morgan fingerprint density at radius 1 is 1.18 bits per heavy atom. The van der Waals surface area contributed by atoms with E-state index in [1.165, 1.54) is 24.3 Å². The van der Waals surface area contributed by atoms with E-state index in [-0.39, 0.29) is 17.3 Å². The van der Waals surface area contributed by atoms with Crippen LogP contribution in [-0.4, -0.2) is 23.0 Å². The second-order valence-electron chi connectivity index (χ2n) is 6.33. The van der Waals surface area contributed by atoms with Crippen LogP contribution in [0.4, 0.5) is 31.7 Å².